The molecule has 0 radical (unpaired) electrons. The lowest BCUT2D eigenvalue weighted by Gasteiger charge is -2.08. The van der Waals surface area contributed by atoms with Crippen molar-refractivity contribution in [2.45, 2.75) is 13.3 Å². The Morgan fingerprint density at radius 1 is 1.29 bits per heavy atom. The zero-order chi connectivity index (χ0) is 14.5. The van der Waals surface area contributed by atoms with E-state index < -0.39 is 0 Å². The minimum atomic E-state index is -0.129. The van der Waals surface area contributed by atoms with Crippen molar-refractivity contribution in [1.82, 2.24) is 10.6 Å². The predicted octanol–water partition coefficient (Wildman–Crippen LogP) is 1.65. The van der Waals surface area contributed by atoms with Gasteiger partial charge in [-0.25, -0.2) is 0 Å². The number of amides is 2. The average molecular weight is 312 g/mol. The number of nitrogens with one attached hydrogen (secondary N) is 3. The van der Waals surface area contributed by atoms with Crippen LogP contribution in [0.25, 0.3) is 0 Å². The molecule has 2 atom stereocenters. The number of hydrogen-bond donors (Lipinski definition) is 3. The molecule has 0 spiro atoms. The highest BCUT2D eigenvalue weighted by Crippen LogP contribution is 2.38. The first-order valence-corrected chi connectivity index (χ1v) is 6.95. The maximum Gasteiger partial charge on any atom is 0.251 e. The van der Waals surface area contributed by atoms with Gasteiger partial charge < -0.3 is 16.0 Å². The highest BCUT2D eigenvalue weighted by Gasteiger charge is 2.39. The molecule has 116 valence electrons. The van der Waals surface area contributed by atoms with Gasteiger partial charge in [-0.3, -0.25) is 9.59 Å². The molecule has 1 aliphatic rings. The van der Waals surface area contributed by atoms with Gasteiger partial charge in [0.05, 0.1) is 0 Å². The fraction of sp³-hybridized carbons (Fsp3) is 0.467. The van der Waals surface area contributed by atoms with Crippen LogP contribution < -0.4 is 16.0 Å². The molecule has 3 N–H and O–H groups in total. The summed E-state index contributed by atoms with van der Waals surface area (Å²) in [5.74, 6) is 0.521. The number of benzene rings is 1. The number of hydrogen-bond acceptors (Lipinski definition) is 3. The van der Waals surface area contributed by atoms with Crippen LogP contribution in [0.2, 0.25) is 0 Å². The summed E-state index contributed by atoms with van der Waals surface area (Å²) < 4.78 is 0. The summed E-state index contributed by atoms with van der Waals surface area (Å²) in [4.78, 5) is 23.8. The summed E-state index contributed by atoms with van der Waals surface area (Å²) >= 11 is 0. The number of anilines is 1. The second-order valence-corrected chi connectivity index (χ2v) is 5.25. The van der Waals surface area contributed by atoms with E-state index in [-0.39, 0.29) is 30.1 Å². The van der Waals surface area contributed by atoms with Gasteiger partial charge in [0.15, 0.2) is 0 Å². The van der Waals surface area contributed by atoms with Gasteiger partial charge in [0.2, 0.25) is 5.91 Å². The van der Waals surface area contributed by atoms with Crippen molar-refractivity contribution >= 4 is 29.9 Å². The van der Waals surface area contributed by atoms with Crippen molar-refractivity contribution in [3.8, 4) is 0 Å². The topological polar surface area (TPSA) is 70.2 Å². The van der Waals surface area contributed by atoms with Gasteiger partial charge in [-0.05, 0) is 37.6 Å². The van der Waals surface area contributed by atoms with Crippen molar-refractivity contribution in [1.29, 1.82) is 0 Å². The molecular weight excluding hydrogens is 290 g/mol. The molecule has 1 aliphatic carbocycles. The van der Waals surface area contributed by atoms with E-state index in [4.69, 9.17) is 0 Å². The third-order valence-electron chi connectivity index (χ3n) is 3.50. The van der Waals surface area contributed by atoms with E-state index in [1.54, 1.807) is 24.3 Å². The Kier molecular flexibility index (Phi) is 6.65. The lowest BCUT2D eigenvalue weighted by molar-refractivity contribution is -0.117. The van der Waals surface area contributed by atoms with Crippen LogP contribution in [0.5, 0.6) is 0 Å². The van der Waals surface area contributed by atoms with Crippen LogP contribution in [0.3, 0.4) is 0 Å². The van der Waals surface area contributed by atoms with Crippen LogP contribution in [0.1, 0.15) is 23.7 Å². The molecule has 2 unspecified atom stereocenters. The largest absolute Gasteiger partial charge is 0.351 e. The Labute approximate surface area is 131 Å². The van der Waals surface area contributed by atoms with Crippen LogP contribution in [0.4, 0.5) is 5.69 Å². The maximum absolute atomic E-state index is 11.9. The SMILES string of the molecule is CNCCNC(=O)c1cccc(NC(=O)C2CC2C)c1.Cl. The Balaban J connectivity index is 0.00000220. The molecule has 5 nitrogen and oxygen atoms in total. The number of rotatable bonds is 6. The van der Waals surface area contributed by atoms with E-state index in [1.165, 1.54) is 0 Å². The normalized spacial score (nSPS) is 19.3. The molecule has 21 heavy (non-hydrogen) atoms. The lowest BCUT2D eigenvalue weighted by atomic mass is 10.2. The molecule has 0 aromatic heterocycles. The smallest absolute Gasteiger partial charge is 0.251 e. The first-order valence-electron chi connectivity index (χ1n) is 6.95. The Bertz CT molecular complexity index is 507. The monoisotopic (exact) mass is 311 g/mol. The first kappa shape index (κ1) is 17.5. The molecule has 0 bridgehead atoms. The minimum Gasteiger partial charge on any atom is -0.351 e. The predicted molar refractivity (Wildman–Crippen MR) is 85.9 cm³/mol. The van der Waals surface area contributed by atoms with Crippen LogP contribution in [0.15, 0.2) is 24.3 Å². The third kappa shape index (κ3) is 5.02. The summed E-state index contributed by atoms with van der Waals surface area (Å²) in [6, 6.07) is 7.03. The Morgan fingerprint density at radius 3 is 2.62 bits per heavy atom. The molecule has 2 rings (SSSR count). The van der Waals surface area contributed by atoms with Crippen molar-refractivity contribution in [3.05, 3.63) is 29.8 Å². The Morgan fingerprint density at radius 2 is 2.00 bits per heavy atom. The molecule has 0 heterocycles. The molecule has 0 aliphatic heterocycles. The zero-order valence-electron chi connectivity index (χ0n) is 12.3. The fourth-order valence-electron chi connectivity index (χ4n) is 2.06. The van der Waals surface area contributed by atoms with Gasteiger partial charge in [0.1, 0.15) is 0 Å². The van der Waals surface area contributed by atoms with Gasteiger partial charge in [0, 0.05) is 30.3 Å². The summed E-state index contributed by atoms with van der Waals surface area (Å²) in [6.07, 6.45) is 0.954. The van der Waals surface area contributed by atoms with Crippen LogP contribution >= 0.6 is 12.4 Å². The molecular formula is C15H22ClN3O2. The van der Waals surface area contributed by atoms with E-state index in [2.05, 4.69) is 22.9 Å². The first-order chi connectivity index (χ1) is 9.61. The molecule has 1 aromatic rings. The second kappa shape index (κ2) is 8.00. The summed E-state index contributed by atoms with van der Waals surface area (Å²) in [5, 5.41) is 8.64. The van der Waals surface area contributed by atoms with E-state index in [9.17, 15) is 9.59 Å². The van der Waals surface area contributed by atoms with Gasteiger partial charge in [-0.2, -0.15) is 0 Å². The van der Waals surface area contributed by atoms with E-state index in [0.717, 1.165) is 13.0 Å². The van der Waals surface area contributed by atoms with Crippen molar-refractivity contribution in [2.75, 3.05) is 25.5 Å². The van der Waals surface area contributed by atoms with Crippen LogP contribution in [-0.2, 0) is 4.79 Å². The van der Waals surface area contributed by atoms with E-state index in [0.29, 0.717) is 23.7 Å². The average Bonchev–Trinajstić information content (AvgIpc) is 3.16. The van der Waals surface area contributed by atoms with Crippen molar-refractivity contribution < 1.29 is 9.59 Å². The van der Waals surface area contributed by atoms with Crippen LogP contribution in [0, 0.1) is 11.8 Å². The standard InChI is InChI=1S/C15H21N3O2.ClH/c1-10-8-13(10)15(20)18-12-5-3-4-11(9-12)14(19)17-7-6-16-2;/h3-5,9-10,13,16H,6-8H2,1-2H3,(H,17,19)(H,18,20);1H. The molecule has 2 amide bonds. The third-order valence-corrected chi connectivity index (χ3v) is 3.50. The number of carbonyl (C=O) groups excluding carboxylic acids is 2. The van der Waals surface area contributed by atoms with E-state index in [1.807, 2.05) is 7.05 Å². The minimum absolute atomic E-state index is 0. The summed E-state index contributed by atoms with van der Waals surface area (Å²) in [6.45, 7) is 3.36. The van der Waals surface area contributed by atoms with Gasteiger partial charge >= 0.3 is 0 Å². The maximum atomic E-state index is 11.9. The molecule has 6 heteroatoms. The van der Waals surface area contributed by atoms with Gasteiger partial charge in [-0.1, -0.05) is 13.0 Å². The van der Waals surface area contributed by atoms with Gasteiger partial charge in [-0.15, -0.1) is 12.4 Å². The van der Waals surface area contributed by atoms with E-state index >= 15 is 0 Å². The highest BCUT2D eigenvalue weighted by molar-refractivity contribution is 5.98. The molecule has 0 saturated heterocycles. The molecule has 1 aromatic carbocycles. The quantitative estimate of drug-likeness (QED) is 0.700. The van der Waals surface area contributed by atoms with Crippen molar-refractivity contribution in [3.63, 3.8) is 0 Å². The fourth-order valence-corrected chi connectivity index (χ4v) is 2.06. The molecule has 1 fully saturated rings. The lowest BCUT2D eigenvalue weighted by Crippen LogP contribution is -2.30. The van der Waals surface area contributed by atoms with Crippen molar-refractivity contribution in [2.24, 2.45) is 11.8 Å². The summed E-state index contributed by atoms with van der Waals surface area (Å²) in [5.41, 5.74) is 1.23. The van der Waals surface area contributed by atoms with Crippen LogP contribution in [-0.4, -0.2) is 32.0 Å². The van der Waals surface area contributed by atoms with Gasteiger partial charge in [0.25, 0.3) is 5.91 Å². The highest BCUT2D eigenvalue weighted by atomic mass is 35.5. The Hall–Kier alpha value is -1.59. The number of carbonyl (C=O) groups is 2. The zero-order valence-corrected chi connectivity index (χ0v) is 13.1. The number of likely N-dealkylation sites (N-methyl/N-ethyl adjacent to an activating group) is 1. The number of halogens is 1. The molecule has 1 saturated carbocycles. The summed E-state index contributed by atoms with van der Waals surface area (Å²) in [7, 11) is 1.83. The second-order valence-electron chi connectivity index (χ2n) is 5.25.